The number of fused-ring (bicyclic) bond motifs is 1. The minimum Gasteiger partial charge on any atom is -0.457 e. The number of piperazine rings is 1. The predicted octanol–water partition coefficient (Wildman–Crippen LogP) is 1.64. The summed E-state index contributed by atoms with van der Waals surface area (Å²) in [5, 5.41) is 3.57. The molecule has 0 spiro atoms. The van der Waals surface area contributed by atoms with E-state index in [0.717, 1.165) is 11.0 Å². The van der Waals surface area contributed by atoms with Gasteiger partial charge >= 0.3 is 11.8 Å². The molecule has 3 amide bonds. The smallest absolute Gasteiger partial charge is 0.312 e. The Morgan fingerprint density at radius 2 is 1.74 bits per heavy atom. The highest BCUT2D eigenvalue weighted by atomic mass is 16.3. The van der Waals surface area contributed by atoms with Gasteiger partial charge in [0.1, 0.15) is 11.3 Å². The molecule has 1 N–H and O–H groups in total. The molecular formula is C20H23N3O4. The molecule has 1 aliphatic heterocycles. The van der Waals surface area contributed by atoms with E-state index in [1.807, 2.05) is 30.3 Å². The maximum atomic E-state index is 12.4. The molecule has 142 valence electrons. The van der Waals surface area contributed by atoms with Gasteiger partial charge in [-0.1, -0.05) is 18.2 Å². The second kappa shape index (κ2) is 8.07. The Labute approximate surface area is 157 Å². The summed E-state index contributed by atoms with van der Waals surface area (Å²) in [6.07, 6.45) is 3.12. The van der Waals surface area contributed by atoms with Gasteiger partial charge in [-0.15, -0.1) is 0 Å². The van der Waals surface area contributed by atoms with E-state index in [4.69, 9.17) is 4.42 Å². The summed E-state index contributed by atoms with van der Waals surface area (Å²) in [6.45, 7) is 5.07. The Bertz CT molecular complexity index is 843. The van der Waals surface area contributed by atoms with E-state index < -0.39 is 11.8 Å². The molecular weight excluding hydrogens is 346 g/mol. The number of carbonyl (C=O) groups excluding carboxylic acids is 3. The average Bonchev–Trinajstić information content (AvgIpc) is 3.08. The molecule has 1 aromatic carbocycles. The van der Waals surface area contributed by atoms with Crippen molar-refractivity contribution in [2.24, 2.45) is 0 Å². The number of para-hydroxylation sites is 1. The molecule has 1 aliphatic rings. The lowest BCUT2D eigenvalue weighted by Gasteiger charge is -2.33. The molecule has 0 radical (unpaired) electrons. The number of furan rings is 1. The quantitative estimate of drug-likeness (QED) is 0.659. The van der Waals surface area contributed by atoms with Crippen molar-refractivity contribution < 1.29 is 18.8 Å². The fraction of sp³-hybridized carbons (Fsp3) is 0.350. The third kappa shape index (κ3) is 4.55. The van der Waals surface area contributed by atoms with E-state index in [0.29, 0.717) is 31.9 Å². The van der Waals surface area contributed by atoms with Gasteiger partial charge in [0, 0.05) is 43.7 Å². The summed E-state index contributed by atoms with van der Waals surface area (Å²) in [7, 11) is 0. The summed E-state index contributed by atoms with van der Waals surface area (Å²) in [5.41, 5.74) is 0.774. The van der Waals surface area contributed by atoms with Crippen LogP contribution in [0.15, 0.2) is 40.8 Å². The number of nitrogens with zero attached hydrogens (tertiary/aromatic N) is 2. The minimum atomic E-state index is -0.602. The molecule has 3 rings (SSSR count). The molecule has 1 saturated heterocycles. The fourth-order valence-electron chi connectivity index (χ4n) is 2.94. The molecule has 1 fully saturated rings. The van der Waals surface area contributed by atoms with Crippen LogP contribution in [0.2, 0.25) is 0 Å². The molecule has 27 heavy (non-hydrogen) atoms. The zero-order valence-corrected chi connectivity index (χ0v) is 15.5. The van der Waals surface area contributed by atoms with E-state index in [1.54, 1.807) is 24.8 Å². The number of rotatable bonds is 3. The van der Waals surface area contributed by atoms with Gasteiger partial charge in [0.2, 0.25) is 5.91 Å². The molecule has 7 nitrogen and oxygen atoms in total. The minimum absolute atomic E-state index is 0.0901. The van der Waals surface area contributed by atoms with Gasteiger partial charge in [-0.3, -0.25) is 14.4 Å². The molecule has 7 heteroatoms. The van der Waals surface area contributed by atoms with Crippen molar-refractivity contribution in [1.29, 1.82) is 0 Å². The van der Waals surface area contributed by atoms with Crippen LogP contribution in [-0.4, -0.2) is 59.7 Å². The average molecular weight is 369 g/mol. The first-order valence-corrected chi connectivity index (χ1v) is 8.99. The summed E-state index contributed by atoms with van der Waals surface area (Å²) in [4.78, 5) is 39.4. The van der Waals surface area contributed by atoms with Crippen molar-refractivity contribution in [3.63, 3.8) is 0 Å². The first-order chi connectivity index (χ1) is 12.9. The van der Waals surface area contributed by atoms with E-state index in [9.17, 15) is 14.4 Å². The lowest BCUT2D eigenvalue weighted by molar-refractivity contribution is -0.148. The number of amides is 3. The van der Waals surface area contributed by atoms with E-state index in [-0.39, 0.29) is 11.9 Å². The fourth-order valence-corrected chi connectivity index (χ4v) is 2.94. The number of benzene rings is 1. The summed E-state index contributed by atoms with van der Waals surface area (Å²) < 4.78 is 5.66. The first kappa shape index (κ1) is 18.7. The van der Waals surface area contributed by atoms with Crippen LogP contribution >= 0.6 is 0 Å². The van der Waals surface area contributed by atoms with Gasteiger partial charge in [0.25, 0.3) is 0 Å². The Hall–Kier alpha value is -3.09. The third-order valence-electron chi connectivity index (χ3n) is 4.33. The van der Waals surface area contributed by atoms with Crippen LogP contribution in [-0.2, 0) is 14.4 Å². The molecule has 2 heterocycles. The highest BCUT2D eigenvalue weighted by Crippen LogP contribution is 2.19. The Balaban J connectivity index is 1.53. The zero-order valence-electron chi connectivity index (χ0n) is 15.5. The lowest BCUT2D eigenvalue weighted by Crippen LogP contribution is -2.54. The first-order valence-electron chi connectivity index (χ1n) is 8.99. The number of hydrogen-bond donors (Lipinski definition) is 1. The molecule has 0 aliphatic carbocycles. The molecule has 1 aromatic heterocycles. The molecule has 2 aromatic rings. The van der Waals surface area contributed by atoms with Crippen molar-refractivity contribution in [1.82, 2.24) is 15.1 Å². The second-order valence-corrected chi connectivity index (χ2v) is 6.77. The van der Waals surface area contributed by atoms with Crippen molar-refractivity contribution in [2.45, 2.75) is 19.9 Å². The van der Waals surface area contributed by atoms with E-state index in [2.05, 4.69) is 5.32 Å². The van der Waals surface area contributed by atoms with Crippen molar-refractivity contribution in [3.05, 3.63) is 42.2 Å². The highest BCUT2D eigenvalue weighted by molar-refractivity contribution is 6.35. The van der Waals surface area contributed by atoms with Gasteiger partial charge in [-0.05, 0) is 32.1 Å². The Kier molecular flexibility index (Phi) is 5.59. The van der Waals surface area contributed by atoms with Crippen LogP contribution in [0, 0.1) is 0 Å². The van der Waals surface area contributed by atoms with Crippen molar-refractivity contribution >= 4 is 34.8 Å². The van der Waals surface area contributed by atoms with Gasteiger partial charge < -0.3 is 19.5 Å². The summed E-state index contributed by atoms with van der Waals surface area (Å²) in [6, 6.07) is 9.44. The monoisotopic (exact) mass is 369 g/mol. The maximum Gasteiger partial charge on any atom is 0.312 e. The predicted molar refractivity (Wildman–Crippen MR) is 102 cm³/mol. The van der Waals surface area contributed by atoms with E-state index >= 15 is 0 Å². The maximum absolute atomic E-state index is 12.4. The van der Waals surface area contributed by atoms with Gasteiger partial charge in [-0.2, -0.15) is 0 Å². The molecule has 0 bridgehead atoms. The van der Waals surface area contributed by atoms with Crippen LogP contribution in [0.1, 0.15) is 19.6 Å². The van der Waals surface area contributed by atoms with E-state index in [1.165, 1.54) is 11.0 Å². The Morgan fingerprint density at radius 1 is 1.07 bits per heavy atom. The van der Waals surface area contributed by atoms with Crippen LogP contribution in [0.5, 0.6) is 0 Å². The van der Waals surface area contributed by atoms with Gasteiger partial charge in [0.15, 0.2) is 0 Å². The van der Waals surface area contributed by atoms with Crippen LogP contribution < -0.4 is 5.32 Å². The molecule has 0 atom stereocenters. The summed E-state index contributed by atoms with van der Waals surface area (Å²) >= 11 is 0. The van der Waals surface area contributed by atoms with Crippen molar-refractivity contribution in [2.75, 3.05) is 26.2 Å². The molecule has 0 saturated carbocycles. The topological polar surface area (TPSA) is 82.9 Å². The third-order valence-corrected chi connectivity index (χ3v) is 4.33. The lowest BCUT2D eigenvalue weighted by atomic mass is 10.2. The normalized spacial score (nSPS) is 14.9. The highest BCUT2D eigenvalue weighted by Gasteiger charge is 2.27. The second-order valence-electron chi connectivity index (χ2n) is 6.77. The van der Waals surface area contributed by atoms with Gasteiger partial charge in [0.05, 0.1) is 0 Å². The standard InChI is InChI=1S/C20H23N3O4/c1-14(2)21-19(25)20(26)23-11-9-22(10-12-23)18(24)8-7-16-13-15-5-3-4-6-17(15)27-16/h3-8,13-14H,9-12H2,1-2H3,(H,21,25)/b8-7+. The number of nitrogens with one attached hydrogen (secondary N) is 1. The number of carbonyl (C=O) groups is 3. The largest absolute Gasteiger partial charge is 0.457 e. The van der Waals surface area contributed by atoms with Gasteiger partial charge in [-0.25, -0.2) is 0 Å². The SMILES string of the molecule is CC(C)NC(=O)C(=O)N1CCN(C(=O)/C=C/c2cc3ccccc3o2)CC1. The van der Waals surface area contributed by atoms with Crippen LogP contribution in [0.3, 0.4) is 0 Å². The summed E-state index contributed by atoms with van der Waals surface area (Å²) in [5.74, 6) is -0.680. The van der Waals surface area contributed by atoms with Crippen LogP contribution in [0.4, 0.5) is 0 Å². The Morgan fingerprint density at radius 3 is 2.41 bits per heavy atom. The van der Waals surface area contributed by atoms with Crippen molar-refractivity contribution in [3.8, 4) is 0 Å². The zero-order chi connectivity index (χ0) is 19.4. The number of hydrogen-bond acceptors (Lipinski definition) is 4. The molecule has 0 unspecified atom stereocenters. The van der Waals surface area contributed by atoms with Crippen LogP contribution in [0.25, 0.3) is 17.0 Å².